The number of benzene rings is 1. The Labute approximate surface area is 117 Å². The minimum absolute atomic E-state index is 0.0775. The molecule has 0 aliphatic rings. The molecule has 1 unspecified atom stereocenters. The second kappa shape index (κ2) is 8.35. The number of carbonyl (C=O) groups excluding carboxylic acids is 1. The summed E-state index contributed by atoms with van der Waals surface area (Å²) in [4.78, 5) is 11.7. The smallest absolute Gasteiger partial charge is 0.387 e. The van der Waals surface area contributed by atoms with Gasteiger partial charge in [0.15, 0.2) is 0 Å². The van der Waals surface area contributed by atoms with Crippen LogP contribution in [0, 0.1) is 0 Å². The van der Waals surface area contributed by atoms with Gasteiger partial charge in [0.25, 0.3) is 0 Å². The fourth-order valence-electron chi connectivity index (χ4n) is 1.71. The van der Waals surface area contributed by atoms with E-state index in [2.05, 4.69) is 10.1 Å². The fourth-order valence-corrected chi connectivity index (χ4v) is 1.71. The van der Waals surface area contributed by atoms with E-state index >= 15 is 0 Å². The van der Waals surface area contributed by atoms with Crippen molar-refractivity contribution in [1.82, 2.24) is 0 Å². The van der Waals surface area contributed by atoms with Crippen molar-refractivity contribution in [3.05, 3.63) is 24.3 Å². The Morgan fingerprint density at radius 1 is 1.25 bits per heavy atom. The molecule has 0 saturated carbocycles. The molecule has 0 heterocycles. The molecular weight excluding hydrogens is 268 g/mol. The van der Waals surface area contributed by atoms with Crippen molar-refractivity contribution >= 4 is 11.7 Å². The Bertz CT molecular complexity index is 409. The zero-order chi connectivity index (χ0) is 15.0. The highest BCUT2D eigenvalue weighted by atomic mass is 19.3. The van der Waals surface area contributed by atoms with Crippen LogP contribution in [0.2, 0.25) is 0 Å². The van der Waals surface area contributed by atoms with Crippen LogP contribution in [0.25, 0.3) is 0 Å². The lowest BCUT2D eigenvalue weighted by Gasteiger charge is -2.18. The van der Waals surface area contributed by atoms with Gasteiger partial charge in [-0.2, -0.15) is 8.78 Å². The first-order valence-corrected chi connectivity index (χ1v) is 6.54. The summed E-state index contributed by atoms with van der Waals surface area (Å²) >= 11 is 0. The number of halogens is 2. The quantitative estimate of drug-likeness (QED) is 0.744. The van der Waals surface area contributed by atoms with Gasteiger partial charge in [0, 0.05) is 5.69 Å². The molecule has 4 nitrogen and oxygen atoms in total. The lowest BCUT2D eigenvalue weighted by atomic mass is 10.1. The Morgan fingerprint density at radius 2 is 1.90 bits per heavy atom. The van der Waals surface area contributed by atoms with E-state index in [1.165, 1.54) is 12.1 Å². The van der Waals surface area contributed by atoms with Gasteiger partial charge < -0.3 is 14.8 Å². The topological polar surface area (TPSA) is 47.6 Å². The zero-order valence-electron chi connectivity index (χ0n) is 11.6. The second-order valence-corrected chi connectivity index (χ2v) is 4.14. The molecule has 0 radical (unpaired) electrons. The molecule has 0 amide bonds. The minimum atomic E-state index is -2.85. The Hall–Kier alpha value is -1.85. The van der Waals surface area contributed by atoms with Crippen LogP contribution in [-0.2, 0) is 9.53 Å². The largest absolute Gasteiger partial charge is 0.464 e. The van der Waals surface area contributed by atoms with Gasteiger partial charge in [-0.3, -0.25) is 0 Å². The molecule has 1 rings (SSSR count). The number of hydrogen-bond donors (Lipinski definition) is 1. The van der Waals surface area contributed by atoms with Gasteiger partial charge in [0.1, 0.15) is 11.8 Å². The summed E-state index contributed by atoms with van der Waals surface area (Å²) in [6.07, 6.45) is 1.46. The van der Waals surface area contributed by atoms with Gasteiger partial charge in [-0.1, -0.05) is 13.3 Å². The molecule has 0 fully saturated rings. The molecule has 20 heavy (non-hydrogen) atoms. The van der Waals surface area contributed by atoms with Crippen molar-refractivity contribution in [1.29, 1.82) is 0 Å². The Morgan fingerprint density at radius 3 is 2.40 bits per heavy atom. The van der Waals surface area contributed by atoms with Crippen LogP contribution in [0.3, 0.4) is 0 Å². The predicted molar refractivity (Wildman–Crippen MR) is 72.0 cm³/mol. The van der Waals surface area contributed by atoms with E-state index in [0.29, 0.717) is 18.7 Å². The summed E-state index contributed by atoms with van der Waals surface area (Å²) in [6, 6.07) is 5.56. The molecule has 1 atom stereocenters. The highest BCUT2D eigenvalue weighted by Crippen LogP contribution is 2.19. The summed E-state index contributed by atoms with van der Waals surface area (Å²) in [7, 11) is 0. The van der Waals surface area contributed by atoms with Gasteiger partial charge >= 0.3 is 12.6 Å². The van der Waals surface area contributed by atoms with Crippen molar-refractivity contribution in [3.63, 3.8) is 0 Å². The van der Waals surface area contributed by atoms with Crippen molar-refractivity contribution in [2.24, 2.45) is 0 Å². The van der Waals surface area contributed by atoms with E-state index in [-0.39, 0.29) is 11.7 Å². The minimum Gasteiger partial charge on any atom is -0.464 e. The molecule has 0 aromatic heterocycles. The maximum atomic E-state index is 12.0. The normalized spacial score (nSPS) is 12.1. The van der Waals surface area contributed by atoms with Gasteiger partial charge in [0.05, 0.1) is 6.61 Å². The first-order chi connectivity index (χ1) is 9.56. The number of esters is 1. The summed E-state index contributed by atoms with van der Waals surface area (Å²) in [5, 5.41) is 3.03. The van der Waals surface area contributed by atoms with Crippen LogP contribution in [-0.4, -0.2) is 25.2 Å². The van der Waals surface area contributed by atoms with Crippen molar-refractivity contribution < 1.29 is 23.0 Å². The number of anilines is 1. The van der Waals surface area contributed by atoms with E-state index in [9.17, 15) is 13.6 Å². The SMILES string of the molecule is CCCC(Nc1ccc(OC(F)F)cc1)C(=O)OCC. The van der Waals surface area contributed by atoms with Crippen LogP contribution >= 0.6 is 0 Å². The van der Waals surface area contributed by atoms with Gasteiger partial charge in [-0.05, 0) is 37.6 Å². The number of carbonyl (C=O) groups is 1. The predicted octanol–water partition coefficient (Wildman–Crippen LogP) is 3.43. The summed E-state index contributed by atoms with van der Waals surface area (Å²) < 4.78 is 33.3. The number of alkyl halides is 2. The molecule has 6 heteroatoms. The number of rotatable bonds is 8. The van der Waals surface area contributed by atoms with Crippen LogP contribution in [0.1, 0.15) is 26.7 Å². The van der Waals surface area contributed by atoms with Crippen LogP contribution in [0.4, 0.5) is 14.5 Å². The molecule has 1 N–H and O–H groups in total. The number of nitrogens with one attached hydrogen (secondary N) is 1. The third kappa shape index (κ3) is 5.42. The third-order valence-corrected chi connectivity index (χ3v) is 2.57. The molecule has 0 saturated heterocycles. The van der Waals surface area contributed by atoms with Gasteiger partial charge in [-0.15, -0.1) is 0 Å². The molecule has 0 bridgehead atoms. The van der Waals surface area contributed by atoms with Gasteiger partial charge in [-0.25, -0.2) is 4.79 Å². The Balaban J connectivity index is 2.66. The molecule has 0 aliphatic carbocycles. The van der Waals surface area contributed by atoms with Crippen molar-refractivity contribution in [2.45, 2.75) is 39.3 Å². The fraction of sp³-hybridized carbons (Fsp3) is 0.500. The van der Waals surface area contributed by atoms with Crippen molar-refractivity contribution in [3.8, 4) is 5.75 Å². The average molecular weight is 287 g/mol. The molecular formula is C14H19F2NO3. The molecule has 1 aromatic carbocycles. The molecule has 0 aliphatic heterocycles. The van der Waals surface area contributed by atoms with E-state index in [1.807, 2.05) is 6.92 Å². The van der Waals surface area contributed by atoms with E-state index in [0.717, 1.165) is 6.42 Å². The molecule has 0 spiro atoms. The first kappa shape index (κ1) is 16.2. The van der Waals surface area contributed by atoms with Crippen molar-refractivity contribution in [2.75, 3.05) is 11.9 Å². The summed E-state index contributed by atoms with van der Waals surface area (Å²) in [6.45, 7) is 1.19. The van der Waals surface area contributed by atoms with E-state index in [1.54, 1.807) is 19.1 Å². The highest BCUT2D eigenvalue weighted by molar-refractivity contribution is 5.79. The average Bonchev–Trinajstić information content (AvgIpc) is 2.40. The van der Waals surface area contributed by atoms with Crippen LogP contribution in [0.5, 0.6) is 5.75 Å². The highest BCUT2D eigenvalue weighted by Gasteiger charge is 2.18. The van der Waals surface area contributed by atoms with E-state index < -0.39 is 12.7 Å². The maximum Gasteiger partial charge on any atom is 0.387 e. The number of hydrogen-bond acceptors (Lipinski definition) is 4. The standard InChI is InChI=1S/C14H19F2NO3/c1-3-5-12(13(18)19-4-2)17-10-6-8-11(9-7-10)20-14(15)16/h6-9,12,14,17H,3-5H2,1-2H3. The van der Waals surface area contributed by atoms with E-state index in [4.69, 9.17) is 4.74 Å². The second-order valence-electron chi connectivity index (χ2n) is 4.14. The lowest BCUT2D eigenvalue weighted by Crippen LogP contribution is -2.31. The lowest BCUT2D eigenvalue weighted by molar-refractivity contribution is -0.144. The summed E-state index contributed by atoms with van der Waals surface area (Å²) in [5.41, 5.74) is 0.651. The molecule has 112 valence electrons. The van der Waals surface area contributed by atoms with Crippen LogP contribution < -0.4 is 10.1 Å². The maximum absolute atomic E-state index is 12.0. The number of ether oxygens (including phenoxy) is 2. The zero-order valence-corrected chi connectivity index (χ0v) is 11.6. The third-order valence-electron chi connectivity index (χ3n) is 2.57. The molecule has 1 aromatic rings. The first-order valence-electron chi connectivity index (χ1n) is 6.54. The van der Waals surface area contributed by atoms with Crippen LogP contribution in [0.15, 0.2) is 24.3 Å². The van der Waals surface area contributed by atoms with Gasteiger partial charge in [0.2, 0.25) is 0 Å². The Kier molecular flexibility index (Phi) is 6.76. The monoisotopic (exact) mass is 287 g/mol. The summed E-state index contributed by atoms with van der Waals surface area (Å²) in [5.74, 6) is -0.240.